The van der Waals surface area contributed by atoms with Crippen molar-refractivity contribution < 1.29 is 0 Å². The zero-order valence-corrected chi connectivity index (χ0v) is 13.8. The maximum Gasteiger partial charge on any atom is 0.258 e. The monoisotopic (exact) mass is 325 g/mol. The average Bonchev–Trinajstić information content (AvgIpc) is 3.23. The van der Waals surface area contributed by atoms with E-state index in [0.717, 1.165) is 17.2 Å². The minimum Gasteiger partial charge on any atom is -0.303 e. The topological polar surface area (TPSA) is 46.4 Å². The minimum absolute atomic E-state index is 0.0189. The fourth-order valence-corrected chi connectivity index (χ4v) is 3.85. The first kappa shape index (κ1) is 14.6. The van der Waals surface area contributed by atoms with Gasteiger partial charge in [0, 0.05) is 29.7 Å². The van der Waals surface area contributed by atoms with Gasteiger partial charge in [0.15, 0.2) is 0 Å². The highest BCUT2D eigenvalue weighted by Gasteiger charge is 2.32. The van der Waals surface area contributed by atoms with Gasteiger partial charge in [0.05, 0.1) is 5.69 Å². The van der Waals surface area contributed by atoms with Crippen molar-refractivity contribution in [3.8, 4) is 0 Å². The van der Waals surface area contributed by atoms with E-state index in [2.05, 4.69) is 27.8 Å². The molecule has 0 bridgehead atoms. The third-order valence-corrected chi connectivity index (χ3v) is 5.26. The van der Waals surface area contributed by atoms with Crippen LogP contribution in [0.15, 0.2) is 46.7 Å². The van der Waals surface area contributed by atoms with Gasteiger partial charge >= 0.3 is 0 Å². The Labute approximate surface area is 138 Å². The van der Waals surface area contributed by atoms with E-state index >= 15 is 0 Å². The van der Waals surface area contributed by atoms with Crippen molar-refractivity contribution in [1.29, 1.82) is 0 Å². The SMILES string of the molecule is Cc1ccc2nc(CNC(c3cccs3)C3CC3)cc(=O)n2c1. The van der Waals surface area contributed by atoms with Crippen molar-refractivity contribution in [3.63, 3.8) is 0 Å². The maximum absolute atomic E-state index is 12.3. The first-order valence-corrected chi connectivity index (χ1v) is 8.84. The smallest absolute Gasteiger partial charge is 0.258 e. The second-order valence-corrected chi connectivity index (χ2v) is 7.21. The Kier molecular flexibility index (Phi) is 3.75. The second kappa shape index (κ2) is 5.91. The first-order valence-electron chi connectivity index (χ1n) is 7.96. The molecule has 0 aliphatic heterocycles. The summed E-state index contributed by atoms with van der Waals surface area (Å²) in [6, 6.07) is 10.2. The Balaban J connectivity index is 1.58. The third-order valence-electron chi connectivity index (χ3n) is 4.31. The van der Waals surface area contributed by atoms with Gasteiger partial charge in [0.2, 0.25) is 0 Å². The van der Waals surface area contributed by atoms with Crippen LogP contribution in [-0.2, 0) is 6.54 Å². The summed E-state index contributed by atoms with van der Waals surface area (Å²) >= 11 is 1.79. The Hall–Kier alpha value is -1.98. The lowest BCUT2D eigenvalue weighted by Gasteiger charge is -2.16. The van der Waals surface area contributed by atoms with Crippen molar-refractivity contribution in [3.05, 3.63) is 68.4 Å². The number of nitrogens with zero attached hydrogens (tertiary/aromatic N) is 2. The molecule has 1 atom stereocenters. The lowest BCUT2D eigenvalue weighted by Crippen LogP contribution is -2.24. The van der Waals surface area contributed by atoms with Crippen molar-refractivity contribution in [1.82, 2.24) is 14.7 Å². The van der Waals surface area contributed by atoms with Gasteiger partial charge in [0.1, 0.15) is 5.65 Å². The standard InChI is InChI=1S/C18H19N3OS/c1-12-4-7-16-20-14(9-17(22)21(16)11-12)10-19-18(13-5-6-13)15-3-2-8-23-15/h2-4,7-9,11,13,18-19H,5-6,10H2,1H3. The molecule has 0 radical (unpaired) electrons. The van der Waals surface area contributed by atoms with Crippen LogP contribution in [0.5, 0.6) is 0 Å². The number of fused-ring (bicyclic) bond motifs is 1. The van der Waals surface area contributed by atoms with E-state index in [1.165, 1.54) is 17.7 Å². The zero-order valence-electron chi connectivity index (χ0n) is 13.0. The molecule has 3 aromatic rings. The molecule has 3 aromatic heterocycles. The van der Waals surface area contributed by atoms with Crippen LogP contribution in [0.25, 0.3) is 5.65 Å². The molecule has 1 aliphatic rings. The van der Waals surface area contributed by atoms with Crippen LogP contribution >= 0.6 is 11.3 Å². The highest BCUT2D eigenvalue weighted by atomic mass is 32.1. The number of hydrogen-bond acceptors (Lipinski definition) is 4. The molecule has 1 unspecified atom stereocenters. The fourth-order valence-electron chi connectivity index (χ4n) is 2.96. The lowest BCUT2D eigenvalue weighted by molar-refractivity contribution is 0.483. The molecule has 1 aliphatic carbocycles. The molecule has 0 amide bonds. The van der Waals surface area contributed by atoms with Crippen LogP contribution in [0, 0.1) is 12.8 Å². The van der Waals surface area contributed by atoms with Crippen molar-refractivity contribution in [2.45, 2.75) is 32.4 Å². The van der Waals surface area contributed by atoms with E-state index in [0.29, 0.717) is 18.2 Å². The van der Waals surface area contributed by atoms with Crippen molar-refractivity contribution in [2.75, 3.05) is 0 Å². The Bertz CT molecular complexity index is 881. The van der Waals surface area contributed by atoms with Gasteiger partial charge in [-0.05, 0) is 48.8 Å². The van der Waals surface area contributed by atoms with Gasteiger partial charge < -0.3 is 5.32 Å². The van der Waals surface area contributed by atoms with E-state index < -0.39 is 0 Å². The highest BCUT2D eigenvalue weighted by Crippen LogP contribution is 2.42. The average molecular weight is 325 g/mol. The number of aryl methyl sites for hydroxylation is 1. The van der Waals surface area contributed by atoms with E-state index in [1.807, 2.05) is 25.3 Å². The zero-order chi connectivity index (χ0) is 15.8. The molecular weight excluding hydrogens is 306 g/mol. The Morgan fingerprint density at radius 1 is 1.39 bits per heavy atom. The highest BCUT2D eigenvalue weighted by molar-refractivity contribution is 7.10. The Morgan fingerprint density at radius 3 is 3.00 bits per heavy atom. The lowest BCUT2D eigenvalue weighted by atomic mass is 10.1. The third kappa shape index (κ3) is 3.07. The summed E-state index contributed by atoms with van der Waals surface area (Å²) in [5.41, 5.74) is 2.55. The van der Waals surface area contributed by atoms with E-state index in [9.17, 15) is 4.79 Å². The summed E-state index contributed by atoms with van der Waals surface area (Å²) in [6.45, 7) is 2.60. The molecule has 0 spiro atoms. The van der Waals surface area contributed by atoms with Crippen LogP contribution in [0.2, 0.25) is 0 Å². The maximum atomic E-state index is 12.3. The molecule has 4 rings (SSSR count). The largest absolute Gasteiger partial charge is 0.303 e. The summed E-state index contributed by atoms with van der Waals surface area (Å²) in [7, 11) is 0. The molecule has 23 heavy (non-hydrogen) atoms. The summed E-state index contributed by atoms with van der Waals surface area (Å²) in [6.07, 6.45) is 4.39. The van der Waals surface area contributed by atoms with Gasteiger partial charge in [0.25, 0.3) is 5.56 Å². The normalized spacial score (nSPS) is 15.9. The summed E-state index contributed by atoms with van der Waals surface area (Å²) < 4.78 is 1.61. The molecule has 0 aromatic carbocycles. The van der Waals surface area contributed by atoms with Gasteiger partial charge in [-0.2, -0.15) is 0 Å². The van der Waals surface area contributed by atoms with E-state index in [1.54, 1.807) is 21.8 Å². The molecule has 5 heteroatoms. The van der Waals surface area contributed by atoms with E-state index in [-0.39, 0.29) is 5.56 Å². The molecule has 1 N–H and O–H groups in total. The van der Waals surface area contributed by atoms with Crippen molar-refractivity contribution >= 4 is 17.0 Å². The van der Waals surface area contributed by atoms with Crippen LogP contribution in [0.1, 0.15) is 35.0 Å². The molecule has 1 fully saturated rings. The van der Waals surface area contributed by atoms with Gasteiger partial charge in [-0.25, -0.2) is 4.98 Å². The number of nitrogens with one attached hydrogen (secondary N) is 1. The predicted octanol–water partition coefficient (Wildman–Crippen LogP) is 3.31. The molecule has 4 nitrogen and oxygen atoms in total. The van der Waals surface area contributed by atoms with Gasteiger partial charge in [-0.15, -0.1) is 11.3 Å². The second-order valence-electron chi connectivity index (χ2n) is 6.23. The predicted molar refractivity (Wildman–Crippen MR) is 92.8 cm³/mol. The number of hydrogen-bond donors (Lipinski definition) is 1. The molecule has 1 saturated carbocycles. The summed E-state index contributed by atoms with van der Waals surface area (Å²) in [5.74, 6) is 0.720. The van der Waals surface area contributed by atoms with Gasteiger partial charge in [-0.3, -0.25) is 9.20 Å². The van der Waals surface area contributed by atoms with Gasteiger partial charge in [-0.1, -0.05) is 12.1 Å². The summed E-state index contributed by atoms with van der Waals surface area (Å²) in [5, 5.41) is 5.72. The van der Waals surface area contributed by atoms with Crippen molar-refractivity contribution in [2.24, 2.45) is 5.92 Å². The van der Waals surface area contributed by atoms with Crippen LogP contribution in [-0.4, -0.2) is 9.38 Å². The fraction of sp³-hybridized carbons (Fsp3) is 0.333. The van der Waals surface area contributed by atoms with Crippen LogP contribution < -0.4 is 10.9 Å². The molecule has 3 heterocycles. The Morgan fingerprint density at radius 2 is 2.26 bits per heavy atom. The van der Waals surface area contributed by atoms with Crippen LogP contribution in [0.4, 0.5) is 0 Å². The molecule has 0 saturated heterocycles. The molecule has 118 valence electrons. The minimum atomic E-state index is -0.0189. The number of rotatable bonds is 5. The number of thiophene rings is 1. The van der Waals surface area contributed by atoms with Crippen LogP contribution in [0.3, 0.4) is 0 Å². The summed E-state index contributed by atoms with van der Waals surface area (Å²) in [4.78, 5) is 18.3. The van der Waals surface area contributed by atoms with E-state index in [4.69, 9.17) is 0 Å². The molecular formula is C18H19N3OS. The number of pyridine rings is 1. The quantitative estimate of drug-likeness (QED) is 0.783. The number of aromatic nitrogens is 2. The first-order chi connectivity index (χ1) is 11.2.